The first-order chi connectivity index (χ1) is 2.64. The Balaban J connectivity index is -0.0000000417. The van der Waals surface area contributed by atoms with Gasteiger partial charge in [0.15, 0.2) is 0 Å². The number of carboxylic acids is 1. The maximum Gasteiger partial charge on any atom is 0 e. The molecule has 0 heterocycles. The number of aliphatic carboxylic acids is 1. The average Bonchev–Trinajstić information content (AvgIpc) is 1.36. The van der Waals surface area contributed by atoms with Crippen LogP contribution in [0.3, 0.4) is 0 Å². The van der Waals surface area contributed by atoms with Crippen LogP contribution in [0.25, 0.3) is 0 Å². The Labute approximate surface area is 113 Å². The van der Waals surface area contributed by atoms with Gasteiger partial charge in [-0.05, 0) is 6.92 Å². The molecular formula is C3H8Na2O3Ti. The average molecular weight is 186 g/mol. The molecule has 0 aliphatic carbocycles. The van der Waals surface area contributed by atoms with E-state index in [0.717, 1.165) is 0 Å². The fraction of sp³-hybridized carbons (Fsp3) is 0.667. The van der Waals surface area contributed by atoms with Gasteiger partial charge >= 0.3 is 65.1 Å². The van der Waals surface area contributed by atoms with Crippen molar-refractivity contribution in [3.8, 4) is 0 Å². The predicted octanol–water partition coefficient (Wildman–Crippen LogP) is -1.85. The number of hydrogen-bond acceptors (Lipinski definition) is 2. The molecule has 1 atom stereocenters. The van der Waals surface area contributed by atoms with Gasteiger partial charge in [-0.3, -0.25) is 0 Å². The first-order valence-electron chi connectivity index (χ1n) is 1.55. The molecule has 1 unspecified atom stereocenters. The molecule has 0 radical (unpaired) electrons. The van der Waals surface area contributed by atoms with Gasteiger partial charge < -0.3 is 10.2 Å². The number of hydrogen-bond donors (Lipinski definition) is 2. The van der Waals surface area contributed by atoms with Crippen LogP contribution in [0.5, 0.6) is 0 Å². The summed E-state index contributed by atoms with van der Waals surface area (Å²) in [7, 11) is 0. The molecule has 0 aliphatic rings. The molecule has 0 aromatic heterocycles. The second-order valence-electron chi connectivity index (χ2n) is 1.01. The van der Waals surface area contributed by atoms with Gasteiger partial charge in [0.2, 0.25) is 0 Å². The van der Waals surface area contributed by atoms with E-state index in [1.165, 1.54) is 6.92 Å². The van der Waals surface area contributed by atoms with Crippen LogP contribution in [0.15, 0.2) is 0 Å². The van der Waals surface area contributed by atoms with E-state index in [1.54, 1.807) is 0 Å². The molecule has 3 nitrogen and oxygen atoms in total. The Morgan fingerprint density at radius 3 is 1.56 bits per heavy atom. The molecule has 0 saturated carbocycles. The SMILES string of the molecule is CC(O)C(=O)O.[NaH].[NaH].[Ti]. The van der Waals surface area contributed by atoms with Crippen molar-refractivity contribution in [1.29, 1.82) is 0 Å². The second kappa shape index (κ2) is 12.8. The molecule has 0 bridgehead atoms. The summed E-state index contributed by atoms with van der Waals surface area (Å²) in [6.07, 6.45) is -1.23. The first kappa shape index (κ1) is 22.5. The Morgan fingerprint density at radius 2 is 1.56 bits per heavy atom. The number of rotatable bonds is 1. The van der Waals surface area contributed by atoms with E-state index in [-0.39, 0.29) is 80.8 Å². The van der Waals surface area contributed by atoms with Crippen LogP contribution in [0.1, 0.15) is 6.92 Å². The van der Waals surface area contributed by atoms with Crippen molar-refractivity contribution in [2.24, 2.45) is 0 Å². The molecule has 0 aliphatic heterocycles. The van der Waals surface area contributed by atoms with E-state index in [0.29, 0.717) is 0 Å². The molecule has 0 fully saturated rings. The van der Waals surface area contributed by atoms with Gasteiger partial charge in [0, 0.05) is 21.7 Å². The zero-order valence-electron chi connectivity index (χ0n) is 3.88. The first-order valence-corrected chi connectivity index (χ1v) is 1.55. The molecule has 6 heteroatoms. The third-order valence-electron chi connectivity index (χ3n) is 0.357. The molecule has 0 saturated heterocycles. The summed E-state index contributed by atoms with van der Waals surface area (Å²) < 4.78 is 0. The Hall–Kier alpha value is 2.14. The Bertz CT molecular complexity index is 68.1. The van der Waals surface area contributed by atoms with Crippen LogP contribution < -0.4 is 0 Å². The summed E-state index contributed by atoms with van der Waals surface area (Å²) in [6.45, 7) is 1.20. The molecule has 0 spiro atoms. The summed E-state index contributed by atoms with van der Waals surface area (Å²) in [5.74, 6) is -1.19. The van der Waals surface area contributed by atoms with Crippen LogP contribution in [0.2, 0.25) is 0 Å². The zero-order chi connectivity index (χ0) is 5.15. The number of carbonyl (C=O) groups is 1. The van der Waals surface area contributed by atoms with Crippen LogP contribution in [0, 0.1) is 0 Å². The normalized spacial score (nSPS) is 9.11. The fourth-order valence-electron chi connectivity index (χ4n) is 0. The molecular weight excluding hydrogens is 178 g/mol. The summed E-state index contributed by atoms with van der Waals surface area (Å²) in [5.41, 5.74) is 0. The van der Waals surface area contributed by atoms with Crippen LogP contribution in [-0.4, -0.2) is 81.4 Å². The summed E-state index contributed by atoms with van der Waals surface area (Å²) >= 11 is 0. The largest absolute Gasteiger partial charge is 0 e. The third kappa shape index (κ3) is 17.8. The molecule has 0 aromatic rings. The fourth-order valence-corrected chi connectivity index (χ4v) is 0. The summed E-state index contributed by atoms with van der Waals surface area (Å²) in [5, 5.41) is 15.8. The molecule has 0 amide bonds. The topological polar surface area (TPSA) is 57.5 Å². The van der Waals surface area contributed by atoms with E-state index >= 15 is 0 Å². The minimum absolute atomic E-state index is 0. The summed E-state index contributed by atoms with van der Waals surface area (Å²) in [6, 6.07) is 0. The smallest absolute Gasteiger partial charge is 0 e. The van der Waals surface area contributed by atoms with Crippen molar-refractivity contribution in [2.45, 2.75) is 13.0 Å². The number of aliphatic hydroxyl groups is 1. The third-order valence-corrected chi connectivity index (χ3v) is 0.357. The second-order valence-corrected chi connectivity index (χ2v) is 1.01. The van der Waals surface area contributed by atoms with Crippen molar-refractivity contribution >= 4 is 65.1 Å². The summed E-state index contributed by atoms with van der Waals surface area (Å²) in [4.78, 5) is 9.45. The van der Waals surface area contributed by atoms with Crippen molar-refractivity contribution < 1.29 is 36.7 Å². The maximum atomic E-state index is 9.45. The quantitative estimate of drug-likeness (QED) is 0.472. The molecule has 0 aromatic carbocycles. The van der Waals surface area contributed by atoms with Gasteiger partial charge in [0.05, 0.1) is 0 Å². The number of carboxylic acid groups (broad SMARTS) is 1. The van der Waals surface area contributed by atoms with E-state index in [1.807, 2.05) is 0 Å². The van der Waals surface area contributed by atoms with Crippen LogP contribution in [-0.2, 0) is 26.5 Å². The van der Waals surface area contributed by atoms with Crippen molar-refractivity contribution in [2.75, 3.05) is 0 Å². The van der Waals surface area contributed by atoms with E-state index in [4.69, 9.17) is 10.2 Å². The van der Waals surface area contributed by atoms with Gasteiger partial charge in [-0.15, -0.1) is 0 Å². The molecule has 9 heavy (non-hydrogen) atoms. The molecule has 2 N–H and O–H groups in total. The van der Waals surface area contributed by atoms with Gasteiger partial charge in [-0.1, -0.05) is 0 Å². The molecule has 0 rings (SSSR count). The van der Waals surface area contributed by atoms with Gasteiger partial charge in [0.1, 0.15) is 6.10 Å². The Kier molecular flexibility index (Phi) is 31.9. The van der Waals surface area contributed by atoms with E-state index in [2.05, 4.69) is 0 Å². The van der Waals surface area contributed by atoms with Crippen LogP contribution in [0.4, 0.5) is 0 Å². The van der Waals surface area contributed by atoms with Gasteiger partial charge in [-0.25, -0.2) is 4.79 Å². The number of aliphatic hydroxyl groups excluding tert-OH is 1. The van der Waals surface area contributed by atoms with Crippen LogP contribution >= 0.6 is 0 Å². The van der Waals surface area contributed by atoms with E-state index < -0.39 is 12.1 Å². The van der Waals surface area contributed by atoms with Crippen molar-refractivity contribution in [3.05, 3.63) is 0 Å². The van der Waals surface area contributed by atoms with E-state index in [9.17, 15) is 4.79 Å². The molecule has 44 valence electrons. The minimum atomic E-state index is -1.23. The van der Waals surface area contributed by atoms with Gasteiger partial charge in [-0.2, -0.15) is 0 Å². The standard InChI is InChI=1S/C3H6O3.2Na.Ti.2H/c1-2(4)3(5)6;;;;;/h2,4H,1H3,(H,5,6);;;;;. The monoisotopic (exact) mass is 186 g/mol. The Morgan fingerprint density at radius 1 is 1.44 bits per heavy atom. The van der Waals surface area contributed by atoms with Gasteiger partial charge in [0.25, 0.3) is 0 Å². The maximum absolute atomic E-state index is 9.45. The van der Waals surface area contributed by atoms with Crippen molar-refractivity contribution in [3.63, 3.8) is 0 Å². The predicted molar refractivity (Wildman–Crippen MR) is 33.6 cm³/mol. The van der Waals surface area contributed by atoms with Crippen molar-refractivity contribution in [1.82, 2.24) is 0 Å². The minimum Gasteiger partial charge on any atom is 0 e. The zero-order valence-corrected chi connectivity index (χ0v) is 5.44.